The van der Waals surface area contributed by atoms with E-state index in [-0.39, 0.29) is 35.8 Å². The number of methoxy groups -OCH3 is 1. The molecular formula is C22H32N6O4. The molecule has 1 unspecified atom stereocenters. The maximum atomic E-state index is 10.3. The first kappa shape index (κ1) is 23.4. The average molecular weight is 445 g/mol. The second-order valence-electron chi connectivity index (χ2n) is 8.42. The number of phenols is 2. The molecule has 1 aromatic carbocycles. The molecule has 0 fully saturated rings. The van der Waals surface area contributed by atoms with E-state index < -0.39 is 6.10 Å². The van der Waals surface area contributed by atoms with Crippen molar-refractivity contribution >= 4 is 11.8 Å². The smallest absolute Gasteiger partial charge is 0.205 e. The lowest BCUT2D eigenvalue weighted by Gasteiger charge is -2.24. The second-order valence-corrected chi connectivity index (χ2v) is 8.42. The zero-order valence-electron chi connectivity index (χ0n) is 19.3. The van der Waals surface area contributed by atoms with E-state index in [1.165, 1.54) is 19.2 Å². The van der Waals surface area contributed by atoms with Crippen molar-refractivity contribution < 1.29 is 20.1 Å². The molecule has 174 valence electrons. The molecule has 1 aromatic rings. The molecule has 2 aliphatic rings. The molecule has 0 aromatic heterocycles. The number of anilines is 2. The SMILES string of the molecule is COc1cc(O)c(CNc2nc(NCC(C)O)n(C(C)C)c3c(C(C)C)nnc2-3)cc1O. The third-order valence-electron chi connectivity index (χ3n) is 5.08. The van der Waals surface area contributed by atoms with Gasteiger partial charge in [0.1, 0.15) is 5.75 Å². The van der Waals surface area contributed by atoms with Crippen LogP contribution >= 0.6 is 0 Å². The Morgan fingerprint density at radius 1 is 1.03 bits per heavy atom. The van der Waals surface area contributed by atoms with Crippen LogP contribution in [0.25, 0.3) is 11.4 Å². The number of aromatic hydroxyl groups is 2. The topological polar surface area (TPSA) is 138 Å². The van der Waals surface area contributed by atoms with Crippen molar-refractivity contribution in [1.82, 2.24) is 19.7 Å². The summed E-state index contributed by atoms with van der Waals surface area (Å²) >= 11 is 0. The van der Waals surface area contributed by atoms with Crippen molar-refractivity contribution in [2.45, 2.75) is 59.2 Å². The van der Waals surface area contributed by atoms with Crippen LogP contribution in [0.5, 0.6) is 17.2 Å². The molecule has 0 saturated heterocycles. The minimum atomic E-state index is -0.552. The lowest BCUT2D eigenvalue weighted by Crippen LogP contribution is -2.23. The van der Waals surface area contributed by atoms with Crippen molar-refractivity contribution in [3.8, 4) is 28.6 Å². The molecule has 0 aliphatic carbocycles. The molecule has 2 aliphatic heterocycles. The Hall–Kier alpha value is -3.27. The molecule has 2 heterocycles. The number of phenolic OH excluding ortho intramolecular Hbond substituents is 2. The molecule has 3 rings (SSSR count). The van der Waals surface area contributed by atoms with Gasteiger partial charge in [-0.3, -0.25) is 0 Å². The molecule has 0 saturated carbocycles. The Morgan fingerprint density at radius 3 is 2.34 bits per heavy atom. The van der Waals surface area contributed by atoms with Crippen LogP contribution < -0.4 is 15.4 Å². The van der Waals surface area contributed by atoms with E-state index in [2.05, 4.69) is 48.5 Å². The number of nitrogens with zero attached hydrogens (tertiary/aromatic N) is 4. The molecule has 0 spiro atoms. The van der Waals surface area contributed by atoms with E-state index in [9.17, 15) is 15.3 Å². The van der Waals surface area contributed by atoms with Gasteiger partial charge in [0.2, 0.25) is 5.95 Å². The maximum absolute atomic E-state index is 10.3. The summed E-state index contributed by atoms with van der Waals surface area (Å²) in [6.07, 6.45) is -0.552. The van der Waals surface area contributed by atoms with E-state index in [1.807, 2.05) is 4.57 Å². The van der Waals surface area contributed by atoms with Gasteiger partial charge in [-0.15, -0.1) is 5.10 Å². The molecule has 32 heavy (non-hydrogen) atoms. The molecule has 10 heteroatoms. The van der Waals surface area contributed by atoms with Crippen LogP contribution in [0.15, 0.2) is 12.1 Å². The van der Waals surface area contributed by atoms with Crippen molar-refractivity contribution in [2.24, 2.45) is 0 Å². The van der Waals surface area contributed by atoms with Crippen LogP contribution in [-0.4, -0.2) is 54.8 Å². The van der Waals surface area contributed by atoms with Gasteiger partial charge in [0.05, 0.1) is 24.6 Å². The number of benzene rings is 1. The standard InChI is InChI=1S/C22H32N6O4/c1-11(2)18-20-19(27-26-18)21(25-22(24-9-13(5)29)28(20)12(3)4)23-10-14-7-16(31)17(32-6)8-15(14)30/h7-8,11-13,23,29-31H,9-10H2,1-6H3,(H,24,25). The van der Waals surface area contributed by atoms with Gasteiger partial charge in [-0.2, -0.15) is 10.1 Å². The largest absolute Gasteiger partial charge is 0.507 e. The van der Waals surface area contributed by atoms with E-state index in [0.717, 1.165) is 11.4 Å². The van der Waals surface area contributed by atoms with E-state index in [0.29, 0.717) is 29.6 Å². The van der Waals surface area contributed by atoms with Crippen molar-refractivity contribution in [3.63, 3.8) is 0 Å². The average Bonchev–Trinajstić information content (AvgIpc) is 3.17. The number of aliphatic hydroxyl groups excluding tert-OH is 1. The number of fused-ring (bicyclic) bond motifs is 1. The molecular weight excluding hydrogens is 412 g/mol. The van der Waals surface area contributed by atoms with Gasteiger partial charge in [0.15, 0.2) is 23.0 Å². The third-order valence-corrected chi connectivity index (χ3v) is 5.08. The highest BCUT2D eigenvalue weighted by Gasteiger charge is 2.28. The maximum Gasteiger partial charge on any atom is 0.205 e. The molecule has 0 radical (unpaired) electrons. The Morgan fingerprint density at radius 2 is 1.75 bits per heavy atom. The summed E-state index contributed by atoms with van der Waals surface area (Å²) < 4.78 is 7.07. The molecule has 5 N–H and O–H groups in total. The zero-order valence-corrected chi connectivity index (χ0v) is 19.3. The van der Waals surface area contributed by atoms with Crippen LogP contribution in [0.4, 0.5) is 11.8 Å². The van der Waals surface area contributed by atoms with Crippen LogP contribution in [0.2, 0.25) is 0 Å². The molecule has 1 atom stereocenters. The van der Waals surface area contributed by atoms with Crippen LogP contribution in [0, 0.1) is 0 Å². The number of hydrogen-bond donors (Lipinski definition) is 5. The van der Waals surface area contributed by atoms with Gasteiger partial charge in [-0.25, -0.2) is 0 Å². The summed E-state index contributed by atoms with van der Waals surface area (Å²) in [6, 6.07) is 2.88. The first-order valence-electron chi connectivity index (χ1n) is 10.7. The summed E-state index contributed by atoms with van der Waals surface area (Å²) in [7, 11) is 1.42. The summed E-state index contributed by atoms with van der Waals surface area (Å²) in [5, 5.41) is 45.4. The van der Waals surface area contributed by atoms with Gasteiger partial charge >= 0.3 is 0 Å². The Kier molecular flexibility index (Phi) is 6.93. The number of aliphatic hydroxyl groups is 1. The van der Waals surface area contributed by atoms with Crippen LogP contribution in [0.1, 0.15) is 57.8 Å². The first-order chi connectivity index (χ1) is 15.1. The lowest BCUT2D eigenvalue weighted by atomic mass is 10.1. The van der Waals surface area contributed by atoms with Gasteiger partial charge in [0, 0.05) is 30.8 Å². The lowest BCUT2D eigenvalue weighted by molar-refractivity contribution is 0.208. The first-order valence-corrected chi connectivity index (χ1v) is 10.7. The number of aromatic nitrogens is 4. The summed E-state index contributed by atoms with van der Waals surface area (Å²) in [5.74, 6) is 1.32. The molecule has 0 amide bonds. The zero-order chi connectivity index (χ0) is 23.6. The fourth-order valence-corrected chi connectivity index (χ4v) is 3.50. The second kappa shape index (κ2) is 9.47. The summed E-state index contributed by atoms with van der Waals surface area (Å²) in [4.78, 5) is 4.73. The van der Waals surface area contributed by atoms with Gasteiger partial charge in [-0.05, 0) is 32.8 Å². The predicted molar refractivity (Wildman–Crippen MR) is 123 cm³/mol. The fourth-order valence-electron chi connectivity index (χ4n) is 3.50. The van der Waals surface area contributed by atoms with Gasteiger partial charge in [-0.1, -0.05) is 13.8 Å². The number of rotatable bonds is 9. The Labute approximate surface area is 187 Å². The highest BCUT2D eigenvalue weighted by Crippen LogP contribution is 2.38. The summed E-state index contributed by atoms with van der Waals surface area (Å²) in [5.41, 5.74) is 2.80. The fraction of sp³-hybridized carbons (Fsp3) is 0.500. The molecule has 0 bridgehead atoms. The monoisotopic (exact) mass is 444 g/mol. The van der Waals surface area contributed by atoms with Crippen molar-refractivity contribution in [2.75, 3.05) is 24.3 Å². The number of nitrogens with one attached hydrogen (secondary N) is 2. The quantitative estimate of drug-likeness (QED) is 0.315. The summed E-state index contributed by atoms with van der Waals surface area (Å²) in [6.45, 7) is 10.4. The van der Waals surface area contributed by atoms with Crippen molar-refractivity contribution in [1.29, 1.82) is 0 Å². The van der Waals surface area contributed by atoms with Gasteiger partial charge < -0.3 is 35.3 Å². The minimum absolute atomic E-state index is 0.0134. The highest BCUT2D eigenvalue weighted by atomic mass is 16.5. The third kappa shape index (κ3) is 4.64. The van der Waals surface area contributed by atoms with E-state index >= 15 is 0 Å². The number of ether oxygens (including phenoxy) is 1. The highest BCUT2D eigenvalue weighted by molar-refractivity contribution is 5.75. The number of hydrogen-bond acceptors (Lipinski definition) is 9. The van der Waals surface area contributed by atoms with Crippen molar-refractivity contribution in [3.05, 3.63) is 23.4 Å². The molecule has 10 nitrogen and oxygen atoms in total. The van der Waals surface area contributed by atoms with Gasteiger partial charge in [0.25, 0.3) is 0 Å². The van der Waals surface area contributed by atoms with Crippen LogP contribution in [0.3, 0.4) is 0 Å². The predicted octanol–water partition coefficient (Wildman–Crippen LogP) is 3.31. The van der Waals surface area contributed by atoms with Crippen LogP contribution in [-0.2, 0) is 6.54 Å². The normalized spacial score (nSPS) is 12.5. The Bertz CT molecular complexity index is 1050. The van der Waals surface area contributed by atoms with E-state index in [1.54, 1.807) is 6.92 Å². The van der Waals surface area contributed by atoms with E-state index in [4.69, 9.17) is 9.72 Å². The Balaban J connectivity index is 2.05. The minimum Gasteiger partial charge on any atom is -0.507 e.